The molecule has 1 aliphatic carbocycles. The third-order valence-corrected chi connectivity index (χ3v) is 3.21. The van der Waals surface area contributed by atoms with Crippen LogP contribution in [0.1, 0.15) is 26.2 Å². The number of rotatable bonds is 1. The van der Waals surface area contributed by atoms with Gasteiger partial charge in [-0.3, -0.25) is 4.79 Å². The van der Waals surface area contributed by atoms with Gasteiger partial charge in [0.15, 0.2) is 0 Å². The number of carbonyl (C=O) groups excluding carboxylic acids is 1. The molecule has 0 bridgehead atoms. The Kier molecular flexibility index (Phi) is 3.78. The monoisotopic (exact) mass is 262 g/mol. The Morgan fingerprint density at radius 2 is 1.24 bits per heavy atom. The van der Waals surface area contributed by atoms with Crippen LogP contribution in [0, 0.1) is 17.8 Å². The van der Waals surface area contributed by atoms with Crippen LogP contribution in [-0.4, -0.2) is 18.1 Å². The summed E-state index contributed by atoms with van der Waals surface area (Å²) in [6.45, 7) is 1.04. The Balaban J connectivity index is 2.88. The molecule has 0 heterocycles. The van der Waals surface area contributed by atoms with Crippen LogP contribution in [0.15, 0.2) is 0 Å². The fraction of sp³-hybridized carbons (Fsp3) is 0.900. The van der Waals surface area contributed by atoms with Crippen molar-refractivity contribution in [2.24, 2.45) is 17.8 Å². The average molecular weight is 262 g/mol. The van der Waals surface area contributed by atoms with E-state index in [1.54, 1.807) is 0 Å². The quantitative estimate of drug-likeness (QED) is 0.658. The van der Waals surface area contributed by atoms with Gasteiger partial charge < -0.3 is 0 Å². The molecule has 7 heteroatoms. The molecular weight excluding hydrogens is 250 g/mol. The smallest absolute Gasteiger partial charge is 0.300 e. The summed E-state index contributed by atoms with van der Waals surface area (Å²) in [6.07, 6.45) is -11.3. The van der Waals surface area contributed by atoms with Crippen LogP contribution in [-0.2, 0) is 4.79 Å². The number of hydrogen-bond donors (Lipinski definition) is 0. The van der Waals surface area contributed by atoms with E-state index in [9.17, 15) is 31.1 Å². The van der Waals surface area contributed by atoms with E-state index in [0.717, 1.165) is 6.92 Å². The number of Topliss-reactive ketones (excluding diaryl/α,β-unsaturated/α-hetero) is 1. The topological polar surface area (TPSA) is 17.1 Å². The Labute approximate surface area is 94.2 Å². The van der Waals surface area contributed by atoms with Crippen molar-refractivity contribution in [2.75, 3.05) is 0 Å². The zero-order valence-corrected chi connectivity index (χ0v) is 9.03. The van der Waals surface area contributed by atoms with Crippen LogP contribution >= 0.6 is 0 Å². The molecule has 1 aliphatic rings. The van der Waals surface area contributed by atoms with E-state index in [0.29, 0.717) is 0 Å². The number of carbonyl (C=O) groups is 1. The maximum Gasteiger partial charge on any atom is 0.391 e. The summed E-state index contributed by atoms with van der Waals surface area (Å²) >= 11 is 0. The fourth-order valence-corrected chi connectivity index (χ4v) is 2.19. The van der Waals surface area contributed by atoms with E-state index in [2.05, 4.69) is 0 Å². The van der Waals surface area contributed by atoms with Crippen LogP contribution in [0.2, 0.25) is 0 Å². The lowest BCUT2D eigenvalue weighted by Gasteiger charge is -2.35. The SMILES string of the molecule is CC(=O)C1CC(C(F)(F)F)CC(C(F)(F)F)C1. The Hall–Kier alpha value is -0.750. The normalized spacial score (nSPS) is 31.4. The van der Waals surface area contributed by atoms with Gasteiger partial charge in [0.2, 0.25) is 0 Å². The number of hydrogen-bond acceptors (Lipinski definition) is 1. The highest BCUT2D eigenvalue weighted by atomic mass is 19.4. The maximum absolute atomic E-state index is 12.5. The van der Waals surface area contributed by atoms with Crippen molar-refractivity contribution in [3.8, 4) is 0 Å². The summed E-state index contributed by atoms with van der Waals surface area (Å²) in [5.74, 6) is -5.80. The van der Waals surface area contributed by atoms with E-state index < -0.39 is 55.2 Å². The molecule has 0 N–H and O–H groups in total. The Morgan fingerprint density at radius 1 is 0.882 bits per heavy atom. The number of alkyl halides is 6. The Morgan fingerprint density at radius 3 is 1.47 bits per heavy atom. The average Bonchev–Trinajstić information content (AvgIpc) is 2.14. The van der Waals surface area contributed by atoms with E-state index in [1.165, 1.54) is 0 Å². The molecule has 2 atom stereocenters. The molecule has 0 aromatic rings. The highest BCUT2D eigenvalue weighted by Crippen LogP contribution is 2.47. The molecule has 1 nitrogen and oxygen atoms in total. The summed E-state index contributed by atoms with van der Waals surface area (Å²) in [7, 11) is 0. The molecule has 2 unspecified atom stereocenters. The second kappa shape index (κ2) is 4.49. The van der Waals surface area contributed by atoms with Crippen molar-refractivity contribution in [3.63, 3.8) is 0 Å². The first-order valence-electron chi connectivity index (χ1n) is 5.15. The molecule has 1 saturated carbocycles. The van der Waals surface area contributed by atoms with Gasteiger partial charge in [-0.05, 0) is 26.2 Å². The highest BCUT2D eigenvalue weighted by molar-refractivity contribution is 5.78. The summed E-state index contributed by atoms with van der Waals surface area (Å²) in [4.78, 5) is 11.0. The molecule has 0 aromatic heterocycles. The molecule has 1 rings (SSSR count). The van der Waals surface area contributed by atoms with Gasteiger partial charge in [-0.1, -0.05) is 0 Å². The van der Waals surface area contributed by atoms with Gasteiger partial charge in [-0.15, -0.1) is 0 Å². The van der Waals surface area contributed by atoms with Gasteiger partial charge in [-0.25, -0.2) is 0 Å². The van der Waals surface area contributed by atoms with Gasteiger partial charge >= 0.3 is 12.4 Å². The minimum absolute atomic E-state index is 0.522. The van der Waals surface area contributed by atoms with E-state index in [1.807, 2.05) is 0 Å². The van der Waals surface area contributed by atoms with Gasteiger partial charge in [-0.2, -0.15) is 26.3 Å². The first-order chi connectivity index (χ1) is 7.51. The van der Waals surface area contributed by atoms with Crippen LogP contribution in [0.4, 0.5) is 26.3 Å². The van der Waals surface area contributed by atoms with Crippen molar-refractivity contribution in [1.82, 2.24) is 0 Å². The molecule has 0 aliphatic heterocycles. The second-order valence-corrected chi connectivity index (χ2v) is 4.49. The van der Waals surface area contributed by atoms with Gasteiger partial charge in [0, 0.05) is 5.92 Å². The minimum atomic E-state index is -4.67. The second-order valence-electron chi connectivity index (χ2n) is 4.49. The molecule has 100 valence electrons. The molecule has 0 amide bonds. The fourth-order valence-electron chi connectivity index (χ4n) is 2.19. The Bertz CT molecular complexity index is 270. The molecule has 17 heavy (non-hydrogen) atoms. The van der Waals surface area contributed by atoms with Crippen molar-refractivity contribution in [1.29, 1.82) is 0 Å². The zero-order valence-electron chi connectivity index (χ0n) is 9.03. The van der Waals surface area contributed by atoms with E-state index >= 15 is 0 Å². The minimum Gasteiger partial charge on any atom is -0.300 e. The molecular formula is C10H12F6O. The zero-order chi connectivity index (χ0) is 13.4. The van der Waals surface area contributed by atoms with Gasteiger partial charge in [0.05, 0.1) is 11.8 Å². The van der Waals surface area contributed by atoms with Crippen LogP contribution < -0.4 is 0 Å². The summed E-state index contributed by atoms with van der Waals surface area (Å²) in [5, 5.41) is 0. The third-order valence-electron chi connectivity index (χ3n) is 3.21. The van der Waals surface area contributed by atoms with E-state index in [-0.39, 0.29) is 0 Å². The van der Waals surface area contributed by atoms with Crippen molar-refractivity contribution < 1.29 is 31.1 Å². The molecule has 1 fully saturated rings. The molecule has 0 spiro atoms. The highest BCUT2D eigenvalue weighted by Gasteiger charge is 2.52. The first kappa shape index (κ1) is 14.3. The molecule has 0 aromatic carbocycles. The van der Waals surface area contributed by atoms with Crippen LogP contribution in [0.5, 0.6) is 0 Å². The largest absolute Gasteiger partial charge is 0.391 e. The summed E-state index contributed by atoms with van der Waals surface area (Å²) in [6, 6.07) is 0. The molecule has 0 radical (unpaired) electrons. The predicted molar refractivity (Wildman–Crippen MR) is 47.1 cm³/mol. The van der Waals surface area contributed by atoms with Crippen molar-refractivity contribution >= 4 is 5.78 Å². The van der Waals surface area contributed by atoms with Crippen molar-refractivity contribution in [2.45, 2.75) is 38.5 Å². The van der Waals surface area contributed by atoms with Crippen molar-refractivity contribution in [3.05, 3.63) is 0 Å². The van der Waals surface area contributed by atoms with Gasteiger partial charge in [0.1, 0.15) is 5.78 Å². The van der Waals surface area contributed by atoms with Crippen LogP contribution in [0.3, 0.4) is 0 Å². The van der Waals surface area contributed by atoms with E-state index in [4.69, 9.17) is 0 Å². The lowest BCUT2D eigenvalue weighted by Crippen LogP contribution is -2.40. The standard InChI is InChI=1S/C10H12F6O/c1-5(17)6-2-7(9(11,12)13)4-8(3-6)10(14,15)16/h6-8H,2-4H2,1H3. The number of ketones is 1. The molecule has 0 saturated heterocycles. The summed E-state index contributed by atoms with van der Waals surface area (Å²) < 4.78 is 74.8. The lowest BCUT2D eigenvalue weighted by molar-refractivity contribution is -0.227. The third kappa shape index (κ3) is 3.61. The van der Waals surface area contributed by atoms with Crippen LogP contribution in [0.25, 0.3) is 0 Å². The summed E-state index contributed by atoms with van der Waals surface area (Å²) in [5.41, 5.74) is 0. The lowest BCUT2D eigenvalue weighted by atomic mass is 9.73. The van der Waals surface area contributed by atoms with Gasteiger partial charge in [0.25, 0.3) is 0 Å². The predicted octanol–water partition coefficient (Wildman–Crippen LogP) is 3.73. The number of halogens is 6. The first-order valence-corrected chi connectivity index (χ1v) is 5.15. The maximum atomic E-state index is 12.5.